The third kappa shape index (κ3) is 6.55. The number of ether oxygens (including phenoxy) is 1. The van der Waals surface area contributed by atoms with E-state index >= 15 is 0 Å². The fraction of sp³-hybridized carbons (Fsp3) is 0.318. The third-order valence-corrected chi connectivity index (χ3v) is 6.14. The van der Waals surface area contributed by atoms with E-state index in [0.29, 0.717) is 16.8 Å². The molecule has 8 nitrogen and oxygen atoms in total. The van der Waals surface area contributed by atoms with Gasteiger partial charge in [0, 0.05) is 22.9 Å². The first-order valence-corrected chi connectivity index (χ1v) is 11.0. The van der Waals surface area contributed by atoms with E-state index in [4.69, 9.17) is 4.74 Å². The van der Waals surface area contributed by atoms with Crippen LogP contribution in [0.15, 0.2) is 47.4 Å². The fourth-order valence-electron chi connectivity index (χ4n) is 2.47. The summed E-state index contributed by atoms with van der Waals surface area (Å²) in [5, 5.41) is 13.2. The Balaban J connectivity index is 2.31. The Bertz CT molecular complexity index is 1170. The van der Waals surface area contributed by atoms with Gasteiger partial charge in [0.25, 0.3) is 5.69 Å². The molecule has 31 heavy (non-hydrogen) atoms. The summed E-state index contributed by atoms with van der Waals surface area (Å²) in [6.07, 6.45) is -0.602. The zero-order valence-corrected chi connectivity index (χ0v) is 18.7. The second-order valence-electron chi connectivity index (χ2n) is 7.99. The van der Waals surface area contributed by atoms with Crippen LogP contribution in [0, 0.1) is 22.0 Å². The Kier molecular flexibility index (Phi) is 7.08. The van der Waals surface area contributed by atoms with Crippen LogP contribution in [-0.2, 0) is 14.6 Å². The van der Waals surface area contributed by atoms with Crippen molar-refractivity contribution < 1.29 is 22.9 Å². The Morgan fingerprint density at radius 2 is 1.71 bits per heavy atom. The number of amides is 1. The lowest BCUT2D eigenvalue weighted by molar-refractivity contribution is -0.387. The average molecular weight is 445 g/mol. The van der Waals surface area contributed by atoms with Crippen molar-refractivity contribution in [1.29, 1.82) is 0 Å². The van der Waals surface area contributed by atoms with Gasteiger partial charge in [-0.3, -0.25) is 15.4 Å². The monoisotopic (exact) mass is 444 g/mol. The lowest BCUT2D eigenvalue weighted by atomic mass is 10.1. The molecule has 0 aliphatic carbocycles. The number of benzene rings is 2. The molecule has 9 heteroatoms. The van der Waals surface area contributed by atoms with Crippen molar-refractivity contribution in [2.24, 2.45) is 0 Å². The maximum atomic E-state index is 12.4. The predicted octanol–water partition coefficient (Wildman–Crippen LogP) is 4.52. The zero-order chi connectivity index (χ0) is 23.4. The summed E-state index contributed by atoms with van der Waals surface area (Å²) in [4.78, 5) is 22.2. The van der Waals surface area contributed by atoms with E-state index in [0.717, 1.165) is 6.07 Å². The molecular formula is C22H24N2O6S. The van der Waals surface area contributed by atoms with Crippen molar-refractivity contribution in [3.8, 4) is 11.8 Å². The standard InChI is InChI=1S/C22H24N2O6S/c1-15(2)31(28,29)20-12-11-17(14-19(20)24(26)27)10-9-16-7-6-8-18(13-16)23-21(25)30-22(3,4)5/h6-8,11-15H,1-5H3,(H,23,25). The summed E-state index contributed by atoms with van der Waals surface area (Å²) in [5.41, 5.74) is 0.173. The first kappa shape index (κ1) is 23.9. The van der Waals surface area contributed by atoms with Crippen molar-refractivity contribution in [2.75, 3.05) is 5.32 Å². The highest BCUT2D eigenvalue weighted by Crippen LogP contribution is 2.28. The van der Waals surface area contributed by atoms with Crippen LogP contribution >= 0.6 is 0 Å². The van der Waals surface area contributed by atoms with Crippen molar-refractivity contribution in [2.45, 2.75) is 50.4 Å². The number of hydrogen-bond donors (Lipinski definition) is 1. The van der Waals surface area contributed by atoms with Crippen LogP contribution in [-0.4, -0.2) is 30.3 Å². The highest BCUT2D eigenvalue weighted by Gasteiger charge is 2.28. The second-order valence-corrected chi connectivity index (χ2v) is 10.5. The molecule has 0 heterocycles. The van der Waals surface area contributed by atoms with Crippen LogP contribution < -0.4 is 5.32 Å². The molecule has 0 saturated heterocycles. The molecular weight excluding hydrogens is 420 g/mol. The molecule has 2 aromatic carbocycles. The summed E-state index contributed by atoms with van der Waals surface area (Å²) < 4.78 is 30.0. The molecule has 0 saturated carbocycles. The van der Waals surface area contributed by atoms with Crippen LogP contribution in [0.4, 0.5) is 16.2 Å². The number of nitro benzene ring substituents is 1. The molecule has 0 aromatic heterocycles. The molecule has 0 atom stereocenters. The number of nitrogens with zero attached hydrogens (tertiary/aromatic N) is 1. The Labute approximate surface area is 181 Å². The van der Waals surface area contributed by atoms with Gasteiger partial charge < -0.3 is 4.74 Å². The highest BCUT2D eigenvalue weighted by atomic mass is 32.2. The molecule has 0 spiro atoms. The molecule has 2 aromatic rings. The molecule has 0 unspecified atom stereocenters. The normalized spacial score (nSPS) is 11.4. The van der Waals surface area contributed by atoms with E-state index in [1.807, 2.05) is 0 Å². The van der Waals surface area contributed by atoms with Crippen LogP contribution in [0.2, 0.25) is 0 Å². The van der Waals surface area contributed by atoms with Crippen LogP contribution in [0.1, 0.15) is 45.7 Å². The van der Waals surface area contributed by atoms with Crippen molar-refractivity contribution in [3.63, 3.8) is 0 Å². The van der Waals surface area contributed by atoms with Crippen LogP contribution in [0.25, 0.3) is 0 Å². The van der Waals surface area contributed by atoms with Gasteiger partial charge in [-0.1, -0.05) is 17.9 Å². The minimum Gasteiger partial charge on any atom is -0.444 e. The van der Waals surface area contributed by atoms with Gasteiger partial charge >= 0.3 is 6.09 Å². The maximum Gasteiger partial charge on any atom is 0.412 e. The van der Waals surface area contributed by atoms with Gasteiger partial charge in [0.2, 0.25) is 0 Å². The van der Waals surface area contributed by atoms with Crippen molar-refractivity contribution in [3.05, 3.63) is 63.7 Å². The third-order valence-electron chi connectivity index (χ3n) is 3.94. The van der Waals surface area contributed by atoms with Gasteiger partial charge in [0.15, 0.2) is 9.84 Å². The number of rotatable bonds is 4. The minimum absolute atomic E-state index is 0.292. The Morgan fingerprint density at radius 1 is 1.10 bits per heavy atom. The smallest absolute Gasteiger partial charge is 0.412 e. The van der Waals surface area contributed by atoms with E-state index < -0.39 is 37.4 Å². The fourth-order valence-corrected chi connectivity index (χ4v) is 3.66. The van der Waals surface area contributed by atoms with Crippen molar-refractivity contribution >= 4 is 27.3 Å². The molecule has 1 N–H and O–H groups in total. The summed E-state index contributed by atoms with van der Waals surface area (Å²) in [5.74, 6) is 5.65. The van der Waals surface area contributed by atoms with Gasteiger partial charge in [-0.2, -0.15) is 0 Å². The molecule has 0 radical (unpaired) electrons. The number of sulfone groups is 1. The first-order chi connectivity index (χ1) is 14.3. The SMILES string of the molecule is CC(C)S(=O)(=O)c1ccc(C#Cc2cccc(NC(=O)OC(C)(C)C)c2)cc1[N+](=O)[O-]. The number of nitro groups is 1. The number of anilines is 1. The largest absolute Gasteiger partial charge is 0.444 e. The highest BCUT2D eigenvalue weighted by molar-refractivity contribution is 7.92. The first-order valence-electron chi connectivity index (χ1n) is 9.44. The summed E-state index contributed by atoms with van der Waals surface area (Å²) in [6, 6.07) is 10.5. The van der Waals surface area contributed by atoms with E-state index in [1.54, 1.807) is 45.0 Å². The number of nitrogens with one attached hydrogen (secondary N) is 1. The number of hydrogen-bond acceptors (Lipinski definition) is 6. The lowest BCUT2D eigenvalue weighted by Gasteiger charge is -2.19. The minimum atomic E-state index is -3.81. The van der Waals surface area contributed by atoms with Gasteiger partial charge in [-0.05, 0) is 65.0 Å². The van der Waals surface area contributed by atoms with E-state index in [-0.39, 0.29) is 4.90 Å². The van der Waals surface area contributed by atoms with E-state index in [9.17, 15) is 23.3 Å². The predicted molar refractivity (Wildman–Crippen MR) is 118 cm³/mol. The van der Waals surface area contributed by atoms with Crippen LogP contribution in [0.3, 0.4) is 0 Å². The zero-order valence-electron chi connectivity index (χ0n) is 17.9. The summed E-state index contributed by atoms with van der Waals surface area (Å²) in [6.45, 7) is 8.19. The lowest BCUT2D eigenvalue weighted by Crippen LogP contribution is -2.27. The van der Waals surface area contributed by atoms with E-state index in [2.05, 4.69) is 17.2 Å². The topological polar surface area (TPSA) is 116 Å². The van der Waals surface area contributed by atoms with Crippen LogP contribution in [0.5, 0.6) is 0 Å². The average Bonchev–Trinajstić information content (AvgIpc) is 2.64. The van der Waals surface area contributed by atoms with Crippen molar-refractivity contribution in [1.82, 2.24) is 0 Å². The molecule has 0 aliphatic heterocycles. The Morgan fingerprint density at radius 3 is 2.26 bits per heavy atom. The van der Waals surface area contributed by atoms with Gasteiger partial charge in [-0.15, -0.1) is 0 Å². The second kappa shape index (κ2) is 9.18. The summed E-state index contributed by atoms with van der Waals surface area (Å²) in [7, 11) is -3.81. The maximum absolute atomic E-state index is 12.4. The molecule has 0 fully saturated rings. The summed E-state index contributed by atoms with van der Waals surface area (Å²) >= 11 is 0. The van der Waals surface area contributed by atoms with E-state index in [1.165, 1.54) is 26.0 Å². The Hall–Kier alpha value is -3.38. The number of carbonyl (C=O) groups is 1. The van der Waals surface area contributed by atoms with Gasteiger partial charge in [-0.25, -0.2) is 13.2 Å². The van der Waals surface area contributed by atoms with Gasteiger partial charge in [0.05, 0.1) is 10.2 Å². The molecule has 164 valence electrons. The molecule has 0 bridgehead atoms. The molecule has 2 rings (SSSR count). The van der Waals surface area contributed by atoms with Gasteiger partial charge in [0.1, 0.15) is 10.5 Å². The molecule has 0 aliphatic rings. The quantitative estimate of drug-likeness (QED) is 0.421. The molecule has 1 amide bonds. The number of carbonyl (C=O) groups excluding carboxylic acids is 1.